The zero-order valence-corrected chi connectivity index (χ0v) is 10.7. The molecule has 0 fully saturated rings. The summed E-state index contributed by atoms with van der Waals surface area (Å²) >= 11 is 0. The second-order valence-electron chi connectivity index (χ2n) is 4.22. The van der Waals surface area contributed by atoms with Crippen LogP contribution in [0.4, 0.5) is 0 Å². The molecule has 0 N–H and O–H groups in total. The fraction of sp³-hybridized carbons (Fsp3) is 1.00. The van der Waals surface area contributed by atoms with Gasteiger partial charge in [-0.1, -0.05) is 33.6 Å². The number of rotatable bonds is 8. The van der Waals surface area contributed by atoms with Crippen molar-refractivity contribution in [2.24, 2.45) is 0 Å². The monoisotopic (exact) mass is 200 g/mol. The van der Waals surface area contributed by atoms with Crippen molar-refractivity contribution in [2.45, 2.75) is 46.1 Å². The predicted molar refractivity (Wildman–Crippen MR) is 64.8 cm³/mol. The molecule has 0 aromatic rings. The van der Waals surface area contributed by atoms with Gasteiger partial charge in [-0.3, -0.25) is 0 Å². The van der Waals surface area contributed by atoms with Crippen LogP contribution in [-0.4, -0.2) is 49.6 Å². The SMILES string of the molecule is CCCC[C@H](CN(C)CC)N(C)CC. The largest absolute Gasteiger partial charge is 0.305 e. The molecule has 0 unspecified atom stereocenters. The van der Waals surface area contributed by atoms with Crippen LogP contribution in [0.2, 0.25) is 0 Å². The average molecular weight is 200 g/mol. The molecule has 0 aliphatic carbocycles. The summed E-state index contributed by atoms with van der Waals surface area (Å²) in [5, 5.41) is 0. The first kappa shape index (κ1) is 13.9. The zero-order chi connectivity index (χ0) is 11.0. The summed E-state index contributed by atoms with van der Waals surface area (Å²) in [6.45, 7) is 10.3. The Morgan fingerprint density at radius 1 is 1.00 bits per heavy atom. The Labute approximate surface area is 90.3 Å². The predicted octanol–water partition coefficient (Wildman–Crippen LogP) is 2.45. The van der Waals surface area contributed by atoms with Gasteiger partial charge in [0.1, 0.15) is 0 Å². The van der Waals surface area contributed by atoms with Gasteiger partial charge >= 0.3 is 0 Å². The van der Waals surface area contributed by atoms with E-state index >= 15 is 0 Å². The normalized spacial score (nSPS) is 13.9. The summed E-state index contributed by atoms with van der Waals surface area (Å²) in [6, 6.07) is 0.741. The van der Waals surface area contributed by atoms with Gasteiger partial charge in [-0.25, -0.2) is 0 Å². The Balaban J connectivity index is 3.96. The summed E-state index contributed by atoms with van der Waals surface area (Å²) in [5.41, 5.74) is 0. The van der Waals surface area contributed by atoms with Gasteiger partial charge in [0.2, 0.25) is 0 Å². The van der Waals surface area contributed by atoms with Crippen molar-refractivity contribution < 1.29 is 0 Å². The minimum atomic E-state index is 0.741. The molecular weight excluding hydrogens is 172 g/mol. The molecule has 0 radical (unpaired) electrons. The number of hydrogen-bond acceptors (Lipinski definition) is 2. The van der Waals surface area contributed by atoms with Gasteiger partial charge in [-0.05, 0) is 33.6 Å². The maximum Gasteiger partial charge on any atom is 0.0219 e. The second-order valence-corrected chi connectivity index (χ2v) is 4.22. The Bertz CT molecular complexity index is 125. The highest BCUT2D eigenvalue weighted by Crippen LogP contribution is 2.08. The highest BCUT2D eigenvalue weighted by Gasteiger charge is 2.13. The number of likely N-dealkylation sites (N-methyl/N-ethyl adjacent to an activating group) is 2. The van der Waals surface area contributed by atoms with E-state index in [0.29, 0.717) is 0 Å². The minimum absolute atomic E-state index is 0.741. The second kappa shape index (κ2) is 8.25. The van der Waals surface area contributed by atoms with Crippen LogP contribution in [0.1, 0.15) is 40.0 Å². The minimum Gasteiger partial charge on any atom is -0.305 e. The highest BCUT2D eigenvalue weighted by atomic mass is 15.2. The van der Waals surface area contributed by atoms with Gasteiger partial charge < -0.3 is 9.80 Å². The van der Waals surface area contributed by atoms with Crippen LogP contribution in [0, 0.1) is 0 Å². The van der Waals surface area contributed by atoms with Crippen molar-refractivity contribution >= 4 is 0 Å². The van der Waals surface area contributed by atoms with Gasteiger partial charge in [0.15, 0.2) is 0 Å². The molecule has 0 bridgehead atoms. The van der Waals surface area contributed by atoms with E-state index < -0.39 is 0 Å². The summed E-state index contributed by atoms with van der Waals surface area (Å²) < 4.78 is 0. The van der Waals surface area contributed by atoms with Crippen molar-refractivity contribution in [3.05, 3.63) is 0 Å². The lowest BCUT2D eigenvalue weighted by molar-refractivity contribution is 0.179. The van der Waals surface area contributed by atoms with Crippen LogP contribution in [0.15, 0.2) is 0 Å². The molecule has 0 rings (SSSR count). The topological polar surface area (TPSA) is 6.48 Å². The molecule has 2 heteroatoms. The van der Waals surface area contributed by atoms with Crippen molar-refractivity contribution in [3.63, 3.8) is 0 Å². The van der Waals surface area contributed by atoms with Crippen LogP contribution in [0.3, 0.4) is 0 Å². The van der Waals surface area contributed by atoms with Crippen molar-refractivity contribution in [1.29, 1.82) is 0 Å². The lowest BCUT2D eigenvalue weighted by Gasteiger charge is -2.30. The highest BCUT2D eigenvalue weighted by molar-refractivity contribution is 4.71. The molecule has 14 heavy (non-hydrogen) atoms. The quantitative estimate of drug-likeness (QED) is 0.594. The molecule has 0 spiro atoms. The molecule has 0 saturated heterocycles. The molecule has 86 valence electrons. The molecule has 0 aliphatic rings. The Morgan fingerprint density at radius 3 is 2.07 bits per heavy atom. The standard InChI is InChI=1S/C12H28N2/c1-6-9-10-12(14(5)8-3)11-13(4)7-2/h12H,6-11H2,1-5H3/t12-/m1/s1. The molecule has 0 aromatic heterocycles. The van der Waals surface area contributed by atoms with Crippen molar-refractivity contribution in [1.82, 2.24) is 9.80 Å². The summed E-state index contributed by atoms with van der Waals surface area (Å²) in [7, 11) is 4.45. The van der Waals surface area contributed by atoms with E-state index in [4.69, 9.17) is 0 Å². The number of hydrogen-bond donors (Lipinski definition) is 0. The fourth-order valence-electron chi connectivity index (χ4n) is 1.64. The number of unbranched alkanes of at least 4 members (excludes halogenated alkanes) is 1. The summed E-state index contributed by atoms with van der Waals surface area (Å²) in [4.78, 5) is 4.88. The third kappa shape index (κ3) is 5.61. The summed E-state index contributed by atoms with van der Waals surface area (Å²) in [6.07, 6.45) is 4.00. The Kier molecular flexibility index (Phi) is 8.20. The number of nitrogens with zero attached hydrogens (tertiary/aromatic N) is 2. The van der Waals surface area contributed by atoms with E-state index in [1.807, 2.05) is 0 Å². The van der Waals surface area contributed by atoms with E-state index in [-0.39, 0.29) is 0 Å². The Morgan fingerprint density at radius 2 is 1.64 bits per heavy atom. The molecule has 0 aliphatic heterocycles. The van der Waals surface area contributed by atoms with Crippen molar-refractivity contribution in [3.8, 4) is 0 Å². The molecule has 0 amide bonds. The van der Waals surface area contributed by atoms with Crippen LogP contribution in [0.5, 0.6) is 0 Å². The first-order valence-corrected chi connectivity index (χ1v) is 6.04. The van der Waals surface area contributed by atoms with E-state index in [1.54, 1.807) is 0 Å². The third-order valence-corrected chi connectivity index (χ3v) is 3.08. The molecule has 0 heterocycles. The third-order valence-electron chi connectivity index (χ3n) is 3.08. The van der Waals surface area contributed by atoms with Crippen molar-refractivity contribution in [2.75, 3.05) is 33.7 Å². The lowest BCUT2D eigenvalue weighted by Crippen LogP contribution is -2.40. The smallest absolute Gasteiger partial charge is 0.0219 e. The van der Waals surface area contributed by atoms with Crippen LogP contribution in [0.25, 0.3) is 0 Å². The lowest BCUT2D eigenvalue weighted by atomic mass is 10.1. The van der Waals surface area contributed by atoms with Gasteiger partial charge in [0, 0.05) is 12.6 Å². The van der Waals surface area contributed by atoms with E-state index in [0.717, 1.165) is 19.1 Å². The first-order chi connectivity index (χ1) is 6.65. The molecule has 0 aromatic carbocycles. The van der Waals surface area contributed by atoms with E-state index in [9.17, 15) is 0 Å². The fourth-order valence-corrected chi connectivity index (χ4v) is 1.64. The van der Waals surface area contributed by atoms with E-state index in [2.05, 4.69) is 44.7 Å². The summed E-state index contributed by atoms with van der Waals surface area (Å²) in [5.74, 6) is 0. The van der Waals surface area contributed by atoms with Gasteiger partial charge in [-0.15, -0.1) is 0 Å². The maximum atomic E-state index is 2.47. The van der Waals surface area contributed by atoms with Gasteiger partial charge in [0.25, 0.3) is 0 Å². The van der Waals surface area contributed by atoms with E-state index in [1.165, 1.54) is 25.8 Å². The van der Waals surface area contributed by atoms with Crippen LogP contribution in [-0.2, 0) is 0 Å². The molecule has 0 saturated carbocycles. The van der Waals surface area contributed by atoms with Gasteiger partial charge in [0.05, 0.1) is 0 Å². The van der Waals surface area contributed by atoms with Crippen LogP contribution >= 0.6 is 0 Å². The van der Waals surface area contributed by atoms with Gasteiger partial charge in [-0.2, -0.15) is 0 Å². The average Bonchev–Trinajstić information content (AvgIpc) is 2.22. The Hall–Kier alpha value is -0.0800. The zero-order valence-electron chi connectivity index (χ0n) is 10.7. The molecular formula is C12H28N2. The maximum absolute atomic E-state index is 2.47. The van der Waals surface area contributed by atoms with Crippen LogP contribution < -0.4 is 0 Å². The molecule has 2 nitrogen and oxygen atoms in total. The first-order valence-electron chi connectivity index (χ1n) is 6.04. The molecule has 1 atom stereocenters.